The van der Waals surface area contributed by atoms with Gasteiger partial charge in [0.15, 0.2) is 23.0 Å². The summed E-state index contributed by atoms with van der Waals surface area (Å²) in [5.41, 5.74) is 6.13. The van der Waals surface area contributed by atoms with Gasteiger partial charge in [-0.05, 0) is 53.3 Å². The predicted octanol–water partition coefficient (Wildman–Crippen LogP) is 4.03. The Bertz CT molecular complexity index is 922. The Labute approximate surface area is 166 Å². The van der Waals surface area contributed by atoms with Crippen molar-refractivity contribution in [3.05, 3.63) is 47.5 Å². The summed E-state index contributed by atoms with van der Waals surface area (Å²) < 4.78 is 22.7. The molecule has 2 aliphatic rings. The van der Waals surface area contributed by atoms with E-state index in [9.17, 15) is 0 Å². The van der Waals surface area contributed by atoms with Crippen LogP contribution in [0, 0.1) is 0 Å². The third kappa shape index (κ3) is 2.73. The van der Waals surface area contributed by atoms with Crippen LogP contribution in [-0.2, 0) is 12.8 Å². The lowest BCUT2D eigenvalue weighted by Crippen LogP contribution is -2.38. The van der Waals surface area contributed by atoms with Crippen LogP contribution in [0.4, 0.5) is 0 Å². The highest BCUT2D eigenvalue weighted by Crippen LogP contribution is 2.54. The summed E-state index contributed by atoms with van der Waals surface area (Å²) in [5, 5.41) is 0. The van der Waals surface area contributed by atoms with Crippen molar-refractivity contribution in [1.82, 2.24) is 4.90 Å². The Balaban J connectivity index is 2.03. The monoisotopic (exact) mass is 381 g/mol. The third-order valence-electron chi connectivity index (χ3n) is 5.89. The molecule has 148 valence electrons. The molecule has 0 saturated heterocycles. The fourth-order valence-electron chi connectivity index (χ4n) is 4.67. The first kappa shape index (κ1) is 18.7. The number of ether oxygens (including phenoxy) is 4. The lowest BCUT2D eigenvalue weighted by molar-refractivity contribution is 0.202. The number of rotatable bonds is 6. The van der Waals surface area contributed by atoms with Crippen LogP contribution in [-0.4, -0.2) is 46.4 Å². The Morgan fingerprint density at radius 2 is 1.64 bits per heavy atom. The second-order valence-corrected chi connectivity index (χ2v) is 7.18. The van der Waals surface area contributed by atoms with E-state index in [1.54, 1.807) is 28.4 Å². The minimum atomic E-state index is 0.280. The molecule has 1 heterocycles. The molecule has 0 radical (unpaired) electrons. The molecule has 0 bridgehead atoms. The Morgan fingerprint density at radius 1 is 0.964 bits per heavy atom. The summed E-state index contributed by atoms with van der Waals surface area (Å²) in [6, 6.07) is 6.58. The van der Waals surface area contributed by atoms with Crippen LogP contribution >= 0.6 is 0 Å². The van der Waals surface area contributed by atoms with E-state index in [-0.39, 0.29) is 6.04 Å². The van der Waals surface area contributed by atoms with E-state index in [0.717, 1.165) is 60.1 Å². The van der Waals surface area contributed by atoms with E-state index >= 15 is 0 Å². The molecular weight excluding hydrogens is 354 g/mol. The minimum Gasteiger partial charge on any atom is -0.493 e. The highest BCUT2D eigenvalue weighted by Gasteiger charge is 2.37. The molecule has 2 aromatic rings. The lowest BCUT2D eigenvalue weighted by atomic mass is 9.76. The molecule has 0 spiro atoms. The van der Waals surface area contributed by atoms with Gasteiger partial charge in [-0.2, -0.15) is 0 Å². The van der Waals surface area contributed by atoms with Gasteiger partial charge in [0.25, 0.3) is 0 Å². The van der Waals surface area contributed by atoms with Crippen molar-refractivity contribution in [3.63, 3.8) is 0 Å². The van der Waals surface area contributed by atoms with Crippen LogP contribution in [0.3, 0.4) is 0 Å². The molecule has 1 atom stereocenters. The quantitative estimate of drug-likeness (QED) is 0.707. The summed E-state index contributed by atoms with van der Waals surface area (Å²) in [4.78, 5) is 2.49. The number of hydrogen-bond acceptors (Lipinski definition) is 5. The number of nitrogens with zero attached hydrogens (tertiary/aromatic N) is 1. The molecule has 0 N–H and O–H groups in total. The van der Waals surface area contributed by atoms with Gasteiger partial charge in [-0.3, -0.25) is 4.90 Å². The summed E-state index contributed by atoms with van der Waals surface area (Å²) in [6.07, 6.45) is 3.88. The van der Waals surface area contributed by atoms with Crippen molar-refractivity contribution < 1.29 is 18.9 Å². The highest BCUT2D eigenvalue weighted by molar-refractivity contribution is 5.85. The molecule has 5 nitrogen and oxygen atoms in total. The van der Waals surface area contributed by atoms with Gasteiger partial charge in [0.05, 0.1) is 28.4 Å². The largest absolute Gasteiger partial charge is 0.493 e. The molecule has 28 heavy (non-hydrogen) atoms. The summed E-state index contributed by atoms with van der Waals surface area (Å²) in [5.74, 6) is 3.02. The van der Waals surface area contributed by atoms with Crippen LogP contribution in [0.5, 0.6) is 23.0 Å². The molecule has 1 aliphatic heterocycles. The van der Waals surface area contributed by atoms with Crippen molar-refractivity contribution in [2.24, 2.45) is 0 Å². The maximum absolute atomic E-state index is 5.85. The standard InChI is InChI=1S/C23H27NO4/c1-6-8-24-9-7-14-11-20(27-4)23(28-5)22-16-13-19(26-3)18(25-2)12-15(16)10-17(24)21(14)22/h6,11-13,17H,1,7-10H2,2-5H3. The van der Waals surface area contributed by atoms with Gasteiger partial charge in [-0.25, -0.2) is 0 Å². The SMILES string of the molecule is C=CCN1CCc2cc(OC)c(OC)c3c2C1Cc1cc(OC)c(OC)cc1-3. The van der Waals surface area contributed by atoms with Gasteiger partial charge in [0, 0.05) is 24.7 Å². The van der Waals surface area contributed by atoms with E-state index < -0.39 is 0 Å². The van der Waals surface area contributed by atoms with Gasteiger partial charge in [0.2, 0.25) is 0 Å². The van der Waals surface area contributed by atoms with Crippen LogP contribution in [0.1, 0.15) is 22.7 Å². The van der Waals surface area contributed by atoms with Crippen molar-refractivity contribution in [2.75, 3.05) is 41.5 Å². The third-order valence-corrected chi connectivity index (χ3v) is 5.89. The molecule has 0 fully saturated rings. The zero-order valence-electron chi connectivity index (χ0n) is 17.0. The zero-order valence-corrected chi connectivity index (χ0v) is 17.0. The van der Waals surface area contributed by atoms with Crippen LogP contribution < -0.4 is 18.9 Å². The van der Waals surface area contributed by atoms with Gasteiger partial charge >= 0.3 is 0 Å². The maximum Gasteiger partial charge on any atom is 0.168 e. The normalized spacial score (nSPS) is 17.4. The van der Waals surface area contributed by atoms with E-state index in [4.69, 9.17) is 18.9 Å². The molecule has 0 aromatic heterocycles. The van der Waals surface area contributed by atoms with E-state index in [1.165, 1.54) is 16.7 Å². The van der Waals surface area contributed by atoms with Gasteiger partial charge in [-0.15, -0.1) is 6.58 Å². The molecule has 0 amide bonds. The predicted molar refractivity (Wildman–Crippen MR) is 110 cm³/mol. The molecular formula is C23H27NO4. The van der Waals surface area contributed by atoms with Gasteiger partial charge in [0.1, 0.15) is 0 Å². The fourth-order valence-corrected chi connectivity index (χ4v) is 4.67. The Kier molecular flexibility index (Phi) is 4.94. The lowest BCUT2D eigenvalue weighted by Gasteiger charge is -2.42. The van der Waals surface area contributed by atoms with Gasteiger partial charge < -0.3 is 18.9 Å². The van der Waals surface area contributed by atoms with E-state index in [0.29, 0.717) is 0 Å². The van der Waals surface area contributed by atoms with Crippen LogP contribution in [0.2, 0.25) is 0 Å². The molecule has 2 aromatic carbocycles. The summed E-state index contributed by atoms with van der Waals surface area (Å²) in [6.45, 7) is 5.82. The van der Waals surface area contributed by atoms with Crippen molar-refractivity contribution in [3.8, 4) is 34.1 Å². The Morgan fingerprint density at radius 3 is 2.29 bits per heavy atom. The number of fused-ring (bicyclic) bond motifs is 2. The zero-order chi connectivity index (χ0) is 19.8. The first-order valence-corrected chi connectivity index (χ1v) is 9.54. The number of hydrogen-bond donors (Lipinski definition) is 0. The number of benzene rings is 2. The smallest absolute Gasteiger partial charge is 0.168 e. The average molecular weight is 381 g/mol. The second-order valence-electron chi connectivity index (χ2n) is 7.18. The first-order chi connectivity index (χ1) is 13.7. The maximum atomic E-state index is 5.85. The van der Waals surface area contributed by atoms with Crippen LogP contribution in [0.15, 0.2) is 30.9 Å². The average Bonchev–Trinajstić information content (AvgIpc) is 2.73. The van der Waals surface area contributed by atoms with E-state index in [1.807, 2.05) is 6.08 Å². The summed E-state index contributed by atoms with van der Waals surface area (Å²) >= 11 is 0. The van der Waals surface area contributed by atoms with Crippen molar-refractivity contribution >= 4 is 0 Å². The number of methoxy groups -OCH3 is 4. The van der Waals surface area contributed by atoms with Crippen molar-refractivity contribution in [2.45, 2.75) is 18.9 Å². The molecule has 4 rings (SSSR count). The first-order valence-electron chi connectivity index (χ1n) is 9.54. The molecule has 1 aliphatic carbocycles. The summed E-state index contributed by atoms with van der Waals surface area (Å²) in [7, 11) is 6.74. The fraction of sp³-hybridized carbons (Fsp3) is 0.391. The highest BCUT2D eigenvalue weighted by atomic mass is 16.5. The minimum absolute atomic E-state index is 0.280. The van der Waals surface area contributed by atoms with Gasteiger partial charge in [-0.1, -0.05) is 6.08 Å². The van der Waals surface area contributed by atoms with Crippen LogP contribution in [0.25, 0.3) is 11.1 Å². The Hall–Kier alpha value is -2.66. The molecule has 5 heteroatoms. The van der Waals surface area contributed by atoms with Crippen molar-refractivity contribution in [1.29, 1.82) is 0 Å². The molecule has 0 saturated carbocycles. The topological polar surface area (TPSA) is 40.2 Å². The second kappa shape index (κ2) is 7.40. The molecule has 1 unspecified atom stereocenters. The van der Waals surface area contributed by atoms with E-state index in [2.05, 4.69) is 29.7 Å².